The molecule has 0 radical (unpaired) electrons. The first-order valence-corrected chi connectivity index (χ1v) is 6.28. The molecule has 6 heteroatoms. The monoisotopic (exact) mass is 285 g/mol. The van der Waals surface area contributed by atoms with Gasteiger partial charge in [0.15, 0.2) is 0 Å². The van der Waals surface area contributed by atoms with Crippen LogP contribution in [0.15, 0.2) is 53.1 Å². The Morgan fingerprint density at radius 1 is 1.10 bits per heavy atom. The van der Waals surface area contributed by atoms with E-state index in [0.717, 1.165) is 5.56 Å². The van der Waals surface area contributed by atoms with Gasteiger partial charge in [-0.25, -0.2) is 4.39 Å². The van der Waals surface area contributed by atoms with E-state index in [9.17, 15) is 4.39 Å². The molecule has 0 saturated heterocycles. The summed E-state index contributed by atoms with van der Waals surface area (Å²) in [6.45, 7) is 0.168. The molecule has 0 atom stereocenters. The summed E-state index contributed by atoms with van der Waals surface area (Å²) in [4.78, 5) is 3.93. The Balaban J connectivity index is 1.69. The number of hydrogen-bond donors (Lipinski definition) is 1. The molecule has 3 rings (SSSR count). The fraction of sp³-hybridized carbons (Fsp3) is 0.0667. The van der Waals surface area contributed by atoms with Gasteiger partial charge in [-0.05, 0) is 30.3 Å². The minimum Gasteiger partial charge on any atom is -0.489 e. The van der Waals surface area contributed by atoms with E-state index in [2.05, 4.69) is 10.1 Å². The molecule has 3 aromatic rings. The molecule has 5 nitrogen and oxygen atoms in total. The van der Waals surface area contributed by atoms with E-state index < -0.39 is 0 Å². The lowest BCUT2D eigenvalue weighted by atomic mass is 10.2. The third-order valence-electron chi connectivity index (χ3n) is 2.91. The molecule has 1 aromatic heterocycles. The highest BCUT2D eigenvalue weighted by atomic mass is 19.1. The van der Waals surface area contributed by atoms with Crippen LogP contribution in [0.1, 0.15) is 5.56 Å². The standard InChI is InChI=1S/C15H12FN3O2/c16-13-4-2-1-3-11(13)9-20-12-7-5-10(6-8-12)14-18-15(17)21-19-14/h1-8H,9H2,(H2,17,18,19). The van der Waals surface area contributed by atoms with E-state index in [4.69, 9.17) is 15.0 Å². The highest BCUT2D eigenvalue weighted by Gasteiger charge is 2.06. The molecule has 0 aliphatic rings. The molecule has 2 N–H and O–H groups in total. The fourth-order valence-electron chi connectivity index (χ4n) is 1.83. The lowest BCUT2D eigenvalue weighted by Gasteiger charge is -2.07. The zero-order valence-corrected chi connectivity index (χ0v) is 11.0. The van der Waals surface area contributed by atoms with Crippen LogP contribution in [0.5, 0.6) is 5.75 Å². The van der Waals surface area contributed by atoms with Crippen molar-refractivity contribution in [3.63, 3.8) is 0 Å². The molecule has 0 saturated carbocycles. The molecule has 0 amide bonds. The van der Waals surface area contributed by atoms with Crippen LogP contribution in [0, 0.1) is 5.82 Å². The van der Waals surface area contributed by atoms with Crippen LogP contribution in [-0.2, 0) is 6.61 Å². The number of benzene rings is 2. The molecule has 2 aromatic carbocycles. The maximum atomic E-state index is 13.5. The fourth-order valence-corrected chi connectivity index (χ4v) is 1.83. The van der Waals surface area contributed by atoms with Gasteiger partial charge in [-0.3, -0.25) is 0 Å². The zero-order chi connectivity index (χ0) is 14.7. The Hall–Kier alpha value is -2.89. The average molecular weight is 285 g/mol. The Bertz CT molecular complexity index is 741. The summed E-state index contributed by atoms with van der Waals surface area (Å²) in [7, 11) is 0. The first-order chi connectivity index (χ1) is 10.2. The second-order valence-corrected chi connectivity index (χ2v) is 4.36. The van der Waals surface area contributed by atoms with Crippen molar-refractivity contribution >= 4 is 6.01 Å². The topological polar surface area (TPSA) is 74.2 Å². The highest BCUT2D eigenvalue weighted by molar-refractivity contribution is 5.56. The van der Waals surface area contributed by atoms with Crippen molar-refractivity contribution < 1.29 is 13.7 Å². The van der Waals surface area contributed by atoms with Crippen LogP contribution in [0.2, 0.25) is 0 Å². The molecule has 1 heterocycles. The number of hydrogen-bond acceptors (Lipinski definition) is 5. The summed E-state index contributed by atoms with van der Waals surface area (Å²) in [6.07, 6.45) is 0. The Morgan fingerprint density at radius 3 is 2.52 bits per heavy atom. The molecule has 0 unspecified atom stereocenters. The summed E-state index contributed by atoms with van der Waals surface area (Å²) < 4.78 is 23.7. The van der Waals surface area contributed by atoms with Crippen LogP contribution < -0.4 is 10.5 Å². The van der Waals surface area contributed by atoms with Gasteiger partial charge in [0.25, 0.3) is 0 Å². The van der Waals surface area contributed by atoms with Crippen molar-refractivity contribution in [1.82, 2.24) is 10.1 Å². The van der Waals surface area contributed by atoms with E-state index in [-0.39, 0.29) is 18.4 Å². The first-order valence-electron chi connectivity index (χ1n) is 6.28. The highest BCUT2D eigenvalue weighted by Crippen LogP contribution is 2.21. The summed E-state index contributed by atoms with van der Waals surface area (Å²) in [6, 6.07) is 13.6. The van der Waals surface area contributed by atoms with E-state index in [1.54, 1.807) is 42.5 Å². The number of nitrogen functional groups attached to an aromatic ring is 1. The number of ether oxygens (including phenoxy) is 1. The largest absolute Gasteiger partial charge is 0.489 e. The third-order valence-corrected chi connectivity index (χ3v) is 2.91. The Kier molecular flexibility index (Phi) is 3.51. The number of anilines is 1. The minimum absolute atomic E-state index is 0.0184. The van der Waals surface area contributed by atoms with Crippen molar-refractivity contribution in [3.05, 3.63) is 59.9 Å². The number of nitrogens with two attached hydrogens (primary N) is 1. The minimum atomic E-state index is -0.281. The van der Waals surface area contributed by atoms with Gasteiger partial charge in [0.2, 0.25) is 5.82 Å². The van der Waals surface area contributed by atoms with Crippen LogP contribution >= 0.6 is 0 Å². The van der Waals surface area contributed by atoms with Crippen LogP contribution in [-0.4, -0.2) is 10.1 Å². The van der Waals surface area contributed by atoms with Crippen LogP contribution in [0.4, 0.5) is 10.4 Å². The van der Waals surface area contributed by atoms with Crippen molar-refractivity contribution in [3.8, 4) is 17.1 Å². The SMILES string of the molecule is Nc1nc(-c2ccc(OCc3ccccc3F)cc2)no1. The van der Waals surface area contributed by atoms with Crippen LogP contribution in [0.3, 0.4) is 0 Å². The van der Waals surface area contributed by atoms with Crippen molar-refractivity contribution in [2.24, 2.45) is 0 Å². The number of halogens is 1. The summed E-state index contributed by atoms with van der Waals surface area (Å²) >= 11 is 0. The van der Waals surface area contributed by atoms with Gasteiger partial charge in [-0.15, -0.1) is 0 Å². The molecular weight excluding hydrogens is 273 g/mol. The van der Waals surface area contributed by atoms with E-state index in [1.165, 1.54) is 6.07 Å². The maximum absolute atomic E-state index is 13.5. The lowest BCUT2D eigenvalue weighted by molar-refractivity contribution is 0.300. The van der Waals surface area contributed by atoms with Gasteiger partial charge < -0.3 is 15.0 Å². The molecule has 0 fully saturated rings. The Labute approximate surface area is 120 Å². The van der Waals surface area contributed by atoms with Crippen LogP contribution in [0.25, 0.3) is 11.4 Å². The van der Waals surface area contributed by atoms with Crippen molar-refractivity contribution in [2.75, 3.05) is 5.73 Å². The number of nitrogens with zero attached hydrogens (tertiary/aromatic N) is 2. The first kappa shape index (κ1) is 13.1. The Morgan fingerprint density at radius 2 is 1.86 bits per heavy atom. The van der Waals surface area contributed by atoms with E-state index in [1.807, 2.05) is 0 Å². The lowest BCUT2D eigenvalue weighted by Crippen LogP contribution is -1.98. The second-order valence-electron chi connectivity index (χ2n) is 4.36. The van der Waals surface area contributed by atoms with Crippen molar-refractivity contribution in [1.29, 1.82) is 0 Å². The third kappa shape index (κ3) is 3.00. The predicted molar refractivity (Wildman–Crippen MR) is 74.9 cm³/mol. The number of aromatic nitrogens is 2. The zero-order valence-electron chi connectivity index (χ0n) is 11.0. The van der Waals surface area contributed by atoms with E-state index in [0.29, 0.717) is 17.1 Å². The molecule has 0 bridgehead atoms. The molecule has 106 valence electrons. The maximum Gasteiger partial charge on any atom is 0.319 e. The smallest absolute Gasteiger partial charge is 0.319 e. The van der Waals surface area contributed by atoms with Gasteiger partial charge >= 0.3 is 6.01 Å². The quantitative estimate of drug-likeness (QED) is 0.797. The predicted octanol–water partition coefficient (Wildman–Crippen LogP) is 3.04. The number of rotatable bonds is 4. The van der Waals surface area contributed by atoms with Gasteiger partial charge in [0.05, 0.1) is 0 Å². The molecule has 21 heavy (non-hydrogen) atoms. The molecule has 0 aliphatic heterocycles. The molecule has 0 spiro atoms. The average Bonchev–Trinajstić information content (AvgIpc) is 2.94. The molecule has 0 aliphatic carbocycles. The van der Waals surface area contributed by atoms with Gasteiger partial charge in [-0.1, -0.05) is 23.4 Å². The van der Waals surface area contributed by atoms with Gasteiger partial charge in [0, 0.05) is 11.1 Å². The van der Waals surface area contributed by atoms with E-state index >= 15 is 0 Å². The van der Waals surface area contributed by atoms with Crippen molar-refractivity contribution in [2.45, 2.75) is 6.61 Å². The summed E-state index contributed by atoms with van der Waals surface area (Å²) in [5, 5.41) is 3.72. The normalized spacial score (nSPS) is 10.5. The molecular formula is C15H12FN3O2. The summed E-state index contributed by atoms with van der Waals surface area (Å²) in [5.74, 6) is 0.753. The van der Waals surface area contributed by atoms with Gasteiger partial charge in [-0.2, -0.15) is 4.98 Å². The van der Waals surface area contributed by atoms with Gasteiger partial charge in [0.1, 0.15) is 18.2 Å². The summed E-state index contributed by atoms with van der Waals surface area (Å²) in [5.41, 5.74) is 6.64. The second kappa shape index (κ2) is 5.62.